The molecule has 1 heterocycles. The van der Waals surface area contributed by atoms with E-state index < -0.39 is 17.5 Å². The summed E-state index contributed by atoms with van der Waals surface area (Å²) >= 11 is 0. The molecule has 0 aliphatic carbocycles. The Labute approximate surface area is 104 Å². The first-order chi connectivity index (χ1) is 8.58. The maximum absolute atomic E-state index is 13.3. The zero-order valence-corrected chi connectivity index (χ0v) is 10.2. The number of hydrogen-bond acceptors (Lipinski definition) is 2. The van der Waals surface area contributed by atoms with Crippen LogP contribution >= 0.6 is 0 Å². The number of ether oxygens (including phenoxy) is 1. The van der Waals surface area contributed by atoms with Crippen LogP contribution in [0.4, 0.5) is 13.2 Å². The first kappa shape index (κ1) is 13.4. The van der Waals surface area contributed by atoms with E-state index in [0.29, 0.717) is 18.5 Å². The number of hydrogen-bond donors (Lipinski definition) is 1. The lowest BCUT2D eigenvalue weighted by Crippen LogP contribution is -2.27. The molecule has 0 aromatic heterocycles. The predicted octanol–water partition coefficient (Wildman–Crippen LogP) is 2.62. The van der Waals surface area contributed by atoms with Crippen molar-refractivity contribution in [2.75, 3.05) is 13.2 Å². The van der Waals surface area contributed by atoms with E-state index in [0.717, 1.165) is 19.1 Å². The van der Waals surface area contributed by atoms with E-state index >= 15 is 0 Å². The van der Waals surface area contributed by atoms with Gasteiger partial charge in [-0.25, -0.2) is 13.2 Å². The number of benzene rings is 1. The minimum atomic E-state index is -1.16. The standard InChI is InChI=1S/C13H16F3NO/c1-8-9(2-3-18-8)6-17-7-10-4-12(15)13(16)5-11(10)14/h4-5,8-9,17H,2-3,6-7H2,1H3. The Balaban J connectivity index is 1.88. The summed E-state index contributed by atoms with van der Waals surface area (Å²) in [6.45, 7) is 3.61. The minimum Gasteiger partial charge on any atom is -0.378 e. The summed E-state index contributed by atoms with van der Waals surface area (Å²) in [6.07, 6.45) is 1.15. The Morgan fingerprint density at radius 1 is 1.22 bits per heavy atom. The predicted molar refractivity (Wildman–Crippen MR) is 61.5 cm³/mol. The fraction of sp³-hybridized carbons (Fsp3) is 0.538. The molecule has 2 nitrogen and oxygen atoms in total. The topological polar surface area (TPSA) is 21.3 Å². The van der Waals surface area contributed by atoms with E-state index in [1.807, 2.05) is 6.92 Å². The van der Waals surface area contributed by atoms with Gasteiger partial charge in [0.1, 0.15) is 5.82 Å². The summed E-state index contributed by atoms with van der Waals surface area (Å²) in [5.74, 6) is -2.52. The first-order valence-corrected chi connectivity index (χ1v) is 6.03. The van der Waals surface area contributed by atoms with Crippen LogP contribution in [-0.2, 0) is 11.3 Å². The lowest BCUT2D eigenvalue weighted by molar-refractivity contribution is 0.105. The van der Waals surface area contributed by atoms with Crippen LogP contribution < -0.4 is 5.32 Å². The Hall–Kier alpha value is -1.07. The highest BCUT2D eigenvalue weighted by Gasteiger charge is 2.23. The zero-order valence-electron chi connectivity index (χ0n) is 10.2. The summed E-state index contributed by atoms with van der Waals surface area (Å²) in [5, 5.41) is 3.05. The largest absolute Gasteiger partial charge is 0.378 e. The van der Waals surface area contributed by atoms with Gasteiger partial charge in [0, 0.05) is 31.3 Å². The molecule has 100 valence electrons. The Morgan fingerprint density at radius 2 is 1.94 bits per heavy atom. The second-order valence-corrected chi connectivity index (χ2v) is 4.61. The first-order valence-electron chi connectivity index (χ1n) is 6.03. The van der Waals surface area contributed by atoms with Crippen LogP contribution in [0.1, 0.15) is 18.9 Å². The Bertz CT molecular complexity index is 425. The summed E-state index contributed by atoms with van der Waals surface area (Å²) in [4.78, 5) is 0. The van der Waals surface area contributed by atoms with Gasteiger partial charge in [0.05, 0.1) is 6.10 Å². The van der Waals surface area contributed by atoms with E-state index in [2.05, 4.69) is 5.32 Å². The van der Waals surface area contributed by atoms with Gasteiger partial charge in [-0.3, -0.25) is 0 Å². The van der Waals surface area contributed by atoms with E-state index in [1.165, 1.54) is 0 Å². The minimum absolute atomic E-state index is 0.139. The van der Waals surface area contributed by atoms with Gasteiger partial charge >= 0.3 is 0 Å². The maximum Gasteiger partial charge on any atom is 0.161 e. The monoisotopic (exact) mass is 259 g/mol. The molecule has 2 unspecified atom stereocenters. The van der Waals surface area contributed by atoms with E-state index in [4.69, 9.17) is 4.74 Å². The van der Waals surface area contributed by atoms with Crippen molar-refractivity contribution < 1.29 is 17.9 Å². The second kappa shape index (κ2) is 5.71. The number of rotatable bonds is 4. The van der Waals surface area contributed by atoms with Gasteiger partial charge in [0.15, 0.2) is 11.6 Å². The molecular formula is C13H16F3NO. The molecule has 1 N–H and O–H groups in total. The molecular weight excluding hydrogens is 243 g/mol. The molecule has 1 aromatic rings. The highest BCUT2D eigenvalue weighted by molar-refractivity contribution is 5.19. The van der Waals surface area contributed by atoms with Crippen LogP contribution in [0.25, 0.3) is 0 Å². The fourth-order valence-electron chi connectivity index (χ4n) is 2.14. The molecule has 1 fully saturated rings. The van der Waals surface area contributed by atoms with E-state index in [9.17, 15) is 13.2 Å². The molecule has 0 amide bonds. The van der Waals surface area contributed by atoms with Crippen molar-refractivity contribution in [2.24, 2.45) is 5.92 Å². The Kier molecular flexibility index (Phi) is 4.24. The molecule has 18 heavy (non-hydrogen) atoms. The lowest BCUT2D eigenvalue weighted by atomic mass is 10.0. The zero-order chi connectivity index (χ0) is 13.1. The number of nitrogens with one attached hydrogen (secondary N) is 1. The molecule has 1 aromatic carbocycles. The molecule has 2 rings (SSSR count). The van der Waals surface area contributed by atoms with Crippen LogP contribution in [0.3, 0.4) is 0 Å². The lowest BCUT2D eigenvalue weighted by Gasteiger charge is -2.15. The highest BCUT2D eigenvalue weighted by Crippen LogP contribution is 2.19. The van der Waals surface area contributed by atoms with Crippen LogP contribution in [-0.4, -0.2) is 19.3 Å². The van der Waals surface area contributed by atoms with Crippen molar-refractivity contribution in [1.82, 2.24) is 5.32 Å². The van der Waals surface area contributed by atoms with Crippen molar-refractivity contribution in [3.8, 4) is 0 Å². The van der Waals surface area contributed by atoms with Gasteiger partial charge in [0.25, 0.3) is 0 Å². The average Bonchev–Trinajstić information content (AvgIpc) is 2.72. The van der Waals surface area contributed by atoms with Crippen LogP contribution in [0.15, 0.2) is 12.1 Å². The second-order valence-electron chi connectivity index (χ2n) is 4.61. The molecule has 1 aliphatic heterocycles. The summed E-state index contributed by atoms with van der Waals surface area (Å²) < 4.78 is 44.4. The quantitative estimate of drug-likeness (QED) is 0.839. The van der Waals surface area contributed by atoms with Crippen LogP contribution in [0.2, 0.25) is 0 Å². The van der Waals surface area contributed by atoms with Gasteiger partial charge in [-0.2, -0.15) is 0 Å². The molecule has 0 bridgehead atoms. The van der Waals surface area contributed by atoms with Crippen molar-refractivity contribution in [2.45, 2.75) is 26.0 Å². The third-order valence-corrected chi connectivity index (χ3v) is 3.34. The SMILES string of the molecule is CC1OCCC1CNCc1cc(F)c(F)cc1F. The maximum atomic E-state index is 13.3. The molecule has 1 aliphatic rings. The third-order valence-electron chi connectivity index (χ3n) is 3.34. The van der Waals surface area contributed by atoms with E-state index in [-0.39, 0.29) is 18.2 Å². The molecule has 0 radical (unpaired) electrons. The van der Waals surface area contributed by atoms with Crippen molar-refractivity contribution in [3.05, 3.63) is 35.1 Å². The van der Waals surface area contributed by atoms with Crippen molar-refractivity contribution in [3.63, 3.8) is 0 Å². The van der Waals surface area contributed by atoms with Gasteiger partial charge in [-0.15, -0.1) is 0 Å². The van der Waals surface area contributed by atoms with Crippen LogP contribution in [0.5, 0.6) is 0 Å². The summed E-state index contributed by atoms with van der Waals surface area (Å²) in [5.41, 5.74) is 0.139. The fourth-order valence-corrected chi connectivity index (χ4v) is 2.14. The molecule has 0 spiro atoms. The van der Waals surface area contributed by atoms with Crippen molar-refractivity contribution in [1.29, 1.82) is 0 Å². The smallest absolute Gasteiger partial charge is 0.161 e. The number of halogens is 3. The molecule has 2 atom stereocenters. The van der Waals surface area contributed by atoms with Gasteiger partial charge in [-0.05, 0) is 25.3 Å². The van der Waals surface area contributed by atoms with E-state index in [1.54, 1.807) is 0 Å². The average molecular weight is 259 g/mol. The van der Waals surface area contributed by atoms with Gasteiger partial charge < -0.3 is 10.1 Å². The summed E-state index contributed by atoms with van der Waals surface area (Å²) in [7, 11) is 0. The summed E-state index contributed by atoms with van der Waals surface area (Å²) in [6, 6.07) is 1.47. The van der Waals surface area contributed by atoms with Crippen LogP contribution in [0, 0.1) is 23.4 Å². The van der Waals surface area contributed by atoms with Gasteiger partial charge in [-0.1, -0.05) is 0 Å². The molecule has 0 saturated carbocycles. The van der Waals surface area contributed by atoms with Gasteiger partial charge in [0.2, 0.25) is 0 Å². The molecule has 5 heteroatoms. The third kappa shape index (κ3) is 3.03. The Morgan fingerprint density at radius 3 is 2.61 bits per heavy atom. The van der Waals surface area contributed by atoms with Crippen molar-refractivity contribution >= 4 is 0 Å². The normalized spacial score (nSPS) is 23.6. The molecule has 1 saturated heterocycles. The highest BCUT2D eigenvalue weighted by atomic mass is 19.2.